The molecule has 10 heteroatoms. The van der Waals surface area contributed by atoms with E-state index < -0.39 is 30.0 Å². The summed E-state index contributed by atoms with van der Waals surface area (Å²) in [4.78, 5) is 62.2. The Bertz CT molecular complexity index is 1490. The first kappa shape index (κ1) is 61.0. The summed E-state index contributed by atoms with van der Waals surface area (Å²) in [6, 6.07) is 0. The number of carbonyl (C=O) groups excluding carboxylic acids is 5. The van der Waals surface area contributed by atoms with Crippen molar-refractivity contribution in [2.75, 3.05) is 26.4 Å². The quantitative estimate of drug-likeness (QED) is 0.0274. The van der Waals surface area contributed by atoms with Gasteiger partial charge >= 0.3 is 23.9 Å². The highest BCUT2D eigenvalue weighted by molar-refractivity contribution is 5.78. The molecule has 0 aromatic rings. The number of carbonyl (C=O) groups is 5. The molecule has 370 valence electrons. The number of nitrogens with one attached hydrogen (secondary N) is 1. The molecule has 1 N–H and O–H groups in total. The predicted molar refractivity (Wildman–Crippen MR) is 270 cm³/mol. The van der Waals surface area contributed by atoms with Gasteiger partial charge in [-0.15, -0.1) is 13.2 Å². The number of amides is 1. The molecule has 1 amide bonds. The number of rotatable bonds is 45. The SMILES string of the molecule is C=CC/C=C\C/C=C\C/C=C\C/C=C\CCCC(=O)OCC(COC(=O)CCC(=O)OCCNC(=O)CCCCCCCCCCCCC)OC(=O)CCC/C=C\C/C=C\C/C=C\CC=C. The molecule has 0 rings (SSSR count). The Kier molecular flexibility index (Phi) is 45.7. The van der Waals surface area contributed by atoms with Crippen LogP contribution in [-0.4, -0.2) is 62.3 Å². The van der Waals surface area contributed by atoms with Gasteiger partial charge in [0.05, 0.1) is 19.4 Å². The highest BCUT2D eigenvalue weighted by Crippen LogP contribution is 2.12. The normalized spacial score (nSPS) is 12.3. The molecule has 1 atom stereocenters. The van der Waals surface area contributed by atoms with Gasteiger partial charge in [0, 0.05) is 19.3 Å². The smallest absolute Gasteiger partial charge is 0.306 e. The zero-order valence-electron chi connectivity index (χ0n) is 40.8. The summed E-state index contributed by atoms with van der Waals surface area (Å²) in [6.45, 7) is 9.24. The summed E-state index contributed by atoms with van der Waals surface area (Å²) < 4.78 is 21.5. The Morgan fingerprint density at radius 2 is 0.803 bits per heavy atom. The van der Waals surface area contributed by atoms with E-state index in [0.29, 0.717) is 32.1 Å². The number of hydrogen-bond donors (Lipinski definition) is 1. The van der Waals surface area contributed by atoms with E-state index in [9.17, 15) is 24.0 Å². The van der Waals surface area contributed by atoms with Crippen LogP contribution in [0.4, 0.5) is 0 Å². The summed E-state index contributed by atoms with van der Waals surface area (Å²) in [5.41, 5.74) is 0. The third-order valence-electron chi connectivity index (χ3n) is 10.0. The van der Waals surface area contributed by atoms with E-state index in [1.54, 1.807) is 0 Å². The lowest BCUT2D eigenvalue weighted by molar-refractivity contribution is -0.167. The third-order valence-corrected chi connectivity index (χ3v) is 10.0. The van der Waals surface area contributed by atoms with Crippen LogP contribution < -0.4 is 5.32 Å². The first-order valence-corrected chi connectivity index (χ1v) is 25.0. The molecule has 0 saturated carbocycles. The second-order valence-electron chi connectivity index (χ2n) is 16.1. The van der Waals surface area contributed by atoms with E-state index in [1.165, 1.54) is 51.4 Å². The largest absolute Gasteiger partial charge is 0.464 e. The zero-order chi connectivity index (χ0) is 48.2. The predicted octanol–water partition coefficient (Wildman–Crippen LogP) is 13.5. The van der Waals surface area contributed by atoms with Crippen LogP contribution in [-0.2, 0) is 42.9 Å². The molecule has 66 heavy (non-hydrogen) atoms. The van der Waals surface area contributed by atoms with E-state index in [0.717, 1.165) is 64.2 Å². The van der Waals surface area contributed by atoms with E-state index in [1.807, 2.05) is 30.4 Å². The van der Waals surface area contributed by atoms with Gasteiger partial charge in [-0.1, -0.05) is 168 Å². The van der Waals surface area contributed by atoms with E-state index in [-0.39, 0.29) is 58.0 Å². The van der Waals surface area contributed by atoms with E-state index in [4.69, 9.17) is 18.9 Å². The lowest BCUT2D eigenvalue weighted by Gasteiger charge is -2.18. The highest BCUT2D eigenvalue weighted by Gasteiger charge is 2.20. The van der Waals surface area contributed by atoms with Crippen molar-refractivity contribution in [1.82, 2.24) is 5.32 Å². The maximum absolute atomic E-state index is 12.7. The van der Waals surface area contributed by atoms with Crippen molar-refractivity contribution >= 4 is 29.8 Å². The lowest BCUT2D eigenvalue weighted by atomic mass is 10.1. The van der Waals surface area contributed by atoms with Crippen LogP contribution in [0.1, 0.15) is 180 Å². The standard InChI is InChI=1S/C56H87NO9/c1-4-7-10-13-16-19-22-24-25-26-29-31-34-37-40-43-53(59)64-49-51(66-56(62)44-41-38-35-32-28-23-20-17-14-11-8-5-2)50-65-55(61)46-45-54(60)63-48-47-57-52(58)42-39-36-33-30-27-21-18-15-12-9-6-3/h4-5,10-11,13-14,19-20,22-23,25-26,31-32,34-35,51H,1-2,6-9,12,15-18,21,24,27-30,33,36-50H2,3H3,(H,57,58)/b13-10-,14-11-,22-19-,23-20-,26-25-,34-31-,35-32-. The van der Waals surface area contributed by atoms with Crippen LogP contribution in [0.25, 0.3) is 0 Å². The van der Waals surface area contributed by atoms with Crippen LogP contribution in [0.2, 0.25) is 0 Å². The van der Waals surface area contributed by atoms with Crippen LogP contribution in [0.15, 0.2) is 110 Å². The number of allylic oxidation sites excluding steroid dienone is 16. The number of unbranched alkanes of at least 4 members (excludes halogenated alkanes) is 12. The molecule has 10 nitrogen and oxygen atoms in total. The summed E-state index contributed by atoms with van der Waals surface area (Å²) in [5, 5.41) is 2.77. The van der Waals surface area contributed by atoms with Crippen molar-refractivity contribution in [3.8, 4) is 0 Å². The van der Waals surface area contributed by atoms with Crippen molar-refractivity contribution in [3.63, 3.8) is 0 Å². The fourth-order valence-corrected chi connectivity index (χ4v) is 6.25. The van der Waals surface area contributed by atoms with Gasteiger partial charge in [0.15, 0.2) is 6.10 Å². The van der Waals surface area contributed by atoms with E-state index in [2.05, 4.69) is 92.2 Å². The minimum atomic E-state index is -0.998. The summed E-state index contributed by atoms with van der Waals surface area (Å²) in [7, 11) is 0. The van der Waals surface area contributed by atoms with Crippen LogP contribution in [0, 0.1) is 0 Å². The minimum Gasteiger partial charge on any atom is -0.464 e. The van der Waals surface area contributed by atoms with Crippen molar-refractivity contribution in [2.24, 2.45) is 0 Å². The average molecular weight is 918 g/mol. The Labute approximate surface area is 399 Å². The Hall–Kier alpha value is -4.99. The molecular formula is C56H87NO9. The molecule has 0 radical (unpaired) electrons. The number of esters is 4. The fraction of sp³-hybridized carbons (Fsp3) is 0.589. The lowest BCUT2D eigenvalue weighted by Crippen LogP contribution is -2.31. The summed E-state index contributed by atoms with van der Waals surface area (Å²) in [5.74, 6) is -2.28. The Morgan fingerprint density at radius 3 is 1.26 bits per heavy atom. The summed E-state index contributed by atoms with van der Waals surface area (Å²) >= 11 is 0. The minimum absolute atomic E-state index is 0.00424. The molecule has 0 aliphatic carbocycles. The van der Waals surface area contributed by atoms with Crippen molar-refractivity contribution in [2.45, 2.75) is 186 Å². The number of hydrogen-bond acceptors (Lipinski definition) is 9. The van der Waals surface area contributed by atoms with Gasteiger partial charge in [0.1, 0.15) is 19.8 Å². The molecular weight excluding hydrogens is 831 g/mol. The summed E-state index contributed by atoms with van der Waals surface area (Å²) in [6.07, 6.45) is 54.3. The second kappa shape index (κ2) is 49.4. The topological polar surface area (TPSA) is 134 Å². The van der Waals surface area contributed by atoms with Gasteiger partial charge in [-0.3, -0.25) is 24.0 Å². The van der Waals surface area contributed by atoms with Gasteiger partial charge in [0.25, 0.3) is 0 Å². The van der Waals surface area contributed by atoms with Gasteiger partial charge in [-0.2, -0.15) is 0 Å². The Morgan fingerprint density at radius 1 is 0.424 bits per heavy atom. The van der Waals surface area contributed by atoms with Crippen molar-refractivity contribution < 1.29 is 42.9 Å². The Balaban J connectivity index is 4.61. The molecule has 0 heterocycles. The third kappa shape index (κ3) is 47.0. The van der Waals surface area contributed by atoms with Gasteiger partial charge in [-0.25, -0.2) is 0 Å². The fourth-order valence-electron chi connectivity index (χ4n) is 6.25. The molecule has 0 aliphatic rings. The molecule has 0 aliphatic heterocycles. The van der Waals surface area contributed by atoms with Crippen LogP contribution >= 0.6 is 0 Å². The van der Waals surface area contributed by atoms with E-state index >= 15 is 0 Å². The highest BCUT2D eigenvalue weighted by atomic mass is 16.6. The van der Waals surface area contributed by atoms with Crippen LogP contribution in [0.3, 0.4) is 0 Å². The van der Waals surface area contributed by atoms with Crippen molar-refractivity contribution in [1.29, 1.82) is 0 Å². The first-order chi connectivity index (χ1) is 32.3. The molecule has 0 aromatic heterocycles. The first-order valence-electron chi connectivity index (χ1n) is 25.0. The van der Waals surface area contributed by atoms with Gasteiger partial charge < -0.3 is 24.3 Å². The van der Waals surface area contributed by atoms with Crippen molar-refractivity contribution in [3.05, 3.63) is 110 Å². The number of ether oxygens (including phenoxy) is 4. The van der Waals surface area contributed by atoms with Crippen LogP contribution in [0.5, 0.6) is 0 Å². The molecule has 0 bridgehead atoms. The van der Waals surface area contributed by atoms with Gasteiger partial charge in [0.2, 0.25) is 5.91 Å². The average Bonchev–Trinajstić information content (AvgIpc) is 3.31. The second-order valence-corrected chi connectivity index (χ2v) is 16.1. The molecule has 0 aromatic carbocycles. The van der Waals surface area contributed by atoms with Gasteiger partial charge in [-0.05, 0) is 77.0 Å². The maximum Gasteiger partial charge on any atom is 0.306 e. The monoisotopic (exact) mass is 918 g/mol. The molecule has 0 saturated heterocycles. The molecule has 0 fully saturated rings. The maximum atomic E-state index is 12.7. The molecule has 0 spiro atoms. The zero-order valence-corrected chi connectivity index (χ0v) is 40.8. The molecule has 1 unspecified atom stereocenters.